The monoisotopic (exact) mass is 353 g/mol. The zero-order valence-corrected chi connectivity index (χ0v) is 13.5. The van der Waals surface area contributed by atoms with Crippen LogP contribution in [0.5, 0.6) is 5.75 Å². The Labute approximate surface area is 134 Å². The van der Waals surface area contributed by atoms with Crippen molar-refractivity contribution in [1.29, 1.82) is 0 Å². The van der Waals surface area contributed by atoms with Crippen LogP contribution in [0.15, 0.2) is 42.5 Å². The molecule has 0 saturated heterocycles. The number of nitrogens with two attached hydrogens (primary N) is 1. The van der Waals surface area contributed by atoms with Crippen LogP contribution in [0, 0.1) is 0 Å². The number of halogens is 2. The lowest BCUT2D eigenvalue weighted by Crippen LogP contribution is -3.00. The second-order valence-corrected chi connectivity index (χ2v) is 5.50. The first-order valence-electron chi connectivity index (χ1n) is 6.56. The van der Waals surface area contributed by atoms with Crippen LogP contribution in [-0.2, 0) is 6.42 Å². The van der Waals surface area contributed by atoms with Gasteiger partial charge in [0.2, 0.25) is 0 Å². The van der Waals surface area contributed by atoms with Gasteiger partial charge in [-0.05, 0) is 28.8 Å². The Morgan fingerprint density at radius 2 is 1.90 bits per heavy atom. The highest BCUT2D eigenvalue weighted by Gasteiger charge is 2.36. The van der Waals surface area contributed by atoms with Gasteiger partial charge in [-0.1, -0.05) is 41.9 Å². The van der Waals surface area contributed by atoms with E-state index >= 15 is 0 Å². The van der Waals surface area contributed by atoms with Gasteiger partial charge in [0.05, 0.1) is 18.0 Å². The Morgan fingerprint density at radius 3 is 2.55 bits per heavy atom. The summed E-state index contributed by atoms with van der Waals surface area (Å²) in [5, 5.41) is 12.6. The van der Waals surface area contributed by atoms with Crippen molar-refractivity contribution in [3.63, 3.8) is 0 Å². The van der Waals surface area contributed by atoms with E-state index < -0.39 is 0 Å². The quantitative estimate of drug-likeness (QED) is 0.735. The van der Waals surface area contributed by atoms with Crippen molar-refractivity contribution in [2.24, 2.45) is 0 Å². The SMILES string of the molecule is C[NH2+][C@@H]1Cc2cc(Cl)c(O)cc2[C@H]1c1ccccc1.[Br-]. The lowest BCUT2D eigenvalue weighted by atomic mass is 9.90. The maximum atomic E-state index is 9.86. The zero-order valence-electron chi connectivity index (χ0n) is 11.2. The minimum Gasteiger partial charge on any atom is -1.00 e. The molecule has 0 aromatic heterocycles. The molecule has 0 spiro atoms. The molecule has 0 saturated carbocycles. The molecule has 2 nitrogen and oxygen atoms in total. The zero-order chi connectivity index (χ0) is 13.4. The summed E-state index contributed by atoms with van der Waals surface area (Å²) in [6.07, 6.45) is 0.991. The Bertz CT molecular complexity index is 603. The predicted octanol–water partition coefficient (Wildman–Crippen LogP) is -0.701. The Balaban J connectivity index is 0.00000147. The van der Waals surface area contributed by atoms with Gasteiger partial charge in [0.15, 0.2) is 0 Å². The molecule has 0 heterocycles. The van der Waals surface area contributed by atoms with Crippen LogP contribution in [0.2, 0.25) is 5.02 Å². The van der Waals surface area contributed by atoms with Gasteiger partial charge in [-0.3, -0.25) is 0 Å². The molecule has 0 aliphatic heterocycles. The molecule has 4 heteroatoms. The maximum Gasteiger partial charge on any atom is 0.134 e. The molecule has 3 rings (SSSR count). The third kappa shape index (κ3) is 2.58. The molecule has 2 aromatic rings. The molecular weight excluding hydrogens is 338 g/mol. The molecule has 2 aromatic carbocycles. The van der Waals surface area contributed by atoms with Gasteiger partial charge in [-0.2, -0.15) is 0 Å². The first-order chi connectivity index (χ1) is 9.20. The van der Waals surface area contributed by atoms with E-state index in [-0.39, 0.29) is 22.7 Å². The first kappa shape index (κ1) is 15.4. The molecular formula is C16H17BrClNO. The van der Waals surface area contributed by atoms with Crippen LogP contribution in [0.1, 0.15) is 22.6 Å². The molecule has 1 aliphatic carbocycles. The third-order valence-corrected chi connectivity index (χ3v) is 4.32. The summed E-state index contributed by atoms with van der Waals surface area (Å²) in [6.45, 7) is 0. The van der Waals surface area contributed by atoms with Crippen molar-refractivity contribution in [2.45, 2.75) is 18.4 Å². The van der Waals surface area contributed by atoms with E-state index in [9.17, 15) is 5.11 Å². The molecule has 0 radical (unpaired) electrons. The lowest BCUT2D eigenvalue weighted by molar-refractivity contribution is -0.663. The number of phenols is 1. The van der Waals surface area contributed by atoms with Crippen LogP contribution >= 0.6 is 11.6 Å². The topological polar surface area (TPSA) is 36.8 Å². The summed E-state index contributed by atoms with van der Waals surface area (Å²) in [7, 11) is 2.11. The number of fused-ring (bicyclic) bond motifs is 1. The van der Waals surface area contributed by atoms with E-state index in [0.717, 1.165) is 6.42 Å². The van der Waals surface area contributed by atoms with Crippen molar-refractivity contribution in [3.05, 3.63) is 64.2 Å². The fraction of sp³-hybridized carbons (Fsp3) is 0.250. The number of benzene rings is 2. The van der Waals surface area contributed by atoms with Crippen molar-refractivity contribution >= 4 is 11.6 Å². The molecule has 106 valence electrons. The third-order valence-electron chi connectivity index (χ3n) is 4.01. The number of rotatable bonds is 2. The highest BCUT2D eigenvalue weighted by molar-refractivity contribution is 6.32. The molecule has 0 unspecified atom stereocenters. The summed E-state index contributed by atoms with van der Waals surface area (Å²) in [5.41, 5.74) is 3.75. The van der Waals surface area contributed by atoms with Gasteiger partial charge in [0.25, 0.3) is 0 Å². The van der Waals surface area contributed by atoms with Crippen molar-refractivity contribution in [1.82, 2.24) is 0 Å². The van der Waals surface area contributed by atoms with E-state index in [1.165, 1.54) is 16.7 Å². The lowest BCUT2D eigenvalue weighted by Gasteiger charge is -2.18. The fourth-order valence-corrected chi connectivity index (χ4v) is 3.27. The minimum atomic E-state index is 0. The minimum absolute atomic E-state index is 0. The number of phenolic OH excluding ortho intramolecular Hbond substituents is 1. The van der Waals surface area contributed by atoms with E-state index in [0.29, 0.717) is 17.0 Å². The molecule has 20 heavy (non-hydrogen) atoms. The smallest absolute Gasteiger partial charge is 0.134 e. The highest BCUT2D eigenvalue weighted by Crippen LogP contribution is 2.41. The Morgan fingerprint density at radius 1 is 1.20 bits per heavy atom. The first-order valence-corrected chi connectivity index (χ1v) is 6.94. The summed E-state index contributed by atoms with van der Waals surface area (Å²) in [5.74, 6) is 0.502. The van der Waals surface area contributed by atoms with Gasteiger partial charge < -0.3 is 27.4 Å². The van der Waals surface area contributed by atoms with Crippen molar-refractivity contribution in [2.75, 3.05) is 7.05 Å². The summed E-state index contributed by atoms with van der Waals surface area (Å²) >= 11 is 6.02. The van der Waals surface area contributed by atoms with Crippen LogP contribution < -0.4 is 22.3 Å². The second kappa shape index (κ2) is 6.17. The predicted molar refractivity (Wildman–Crippen MR) is 76.7 cm³/mol. The standard InChI is InChI=1S/C16H16ClNO.BrH/c1-18-14-8-11-7-13(17)15(19)9-12(11)16(14)10-5-3-2-4-6-10;/h2-7,9,14,16,18-19H,8H2,1H3;1H/t14-,16-;/m1./s1. The summed E-state index contributed by atoms with van der Waals surface area (Å²) < 4.78 is 0. The van der Waals surface area contributed by atoms with E-state index in [1.807, 2.05) is 18.2 Å². The Hall–Kier alpha value is -1.03. The van der Waals surface area contributed by atoms with Crippen LogP contribution in [0.25, 0.3) is 0 Å². The molecule has 3 N–H and O–H groups in total. The van der Waals surface area contributed by atoms with Gasteiger partial charge in [0.1, 0.15) is 11.8 Å². The van der Waals surface area contributed by atoms with Gasteiger partial charge in [-0.25, -0.2) is 0 Å². The molecule has 0 amide bonds. The van der Waals surface area contributed by atoms with Crippen molar-refractivity contribution in [3.8, 4) is 5.75 Å². The number of hydrogen-bond acceptors (Lipinski definition) is 1. The average molecular weight is 355 g/mol. The van der Waals surface area contributed by atoms with Crippen LogP contribution in [0.3, 0.4) is 0 Å². The maximum absolute atomic E-state index is 9.86. The molecule has 0 fully saturated rings. The second-order valence-electron chi connectivity index (χ2n) is 5.09. The van der Waals surface area contributed by atoms with Gasteiger partial charge >= 0.3 is 0 Å². The van der Waals surface area contributed by atoms with Crippen molar-refractivity contribution < 1.29 is 27.4 Å². The fourth-order valence-electron chi connectivity index (χ4n) is 3.09. The highest BCUT2D eigenvalue weighted by atomic mass is 79.9. The molecule has 2 atom stereocenters. The molecule has 0 bridgehead atoms. The van der Waals surface area contributed by atoms with Gasteiger partial charge in [-0.15, -0.1) is 0 Å². The summed E-state index contributed by atoms with van der Waals surface area (Å²) in [6, 6.07) is 14.7. The number of quaternary nitrogens is 1. The number of likely N-dealkylation sites (N-methyl/N-ethyl adjacent to an activating group) is 1. The number of hydrogen-bond donors (Lipinski definition) is 2. The summed E-state index contributed by atoms with van der Waals surface area (Å²) in [4.78, 5) is 0. The van der Waals surface area contributed by atoms with E-state index in [4.69, 9.17) is 11.6 Å². The molecule has 1 aliphatic rings. The largest absolute Gasteiger partial charge is 1.00 e. The number of aromatic hydroxyl groups is 1. The van der Waals surface area contributed by atoms with Gasteiger partial charge in [0, 0.05) is 6.42 Å². The average Bonchev–Trinajstić information content (AvgIpc) is 2.78. The van der Waals surface area contributed by atoms with E-state index in [2.05, 4.69) is 36.6 Å². The van der Waals surface area contributed by atoms with Crippen LogP contribution in [-0.4, -0.2) is 18.2 Å². The van der Waals surface area contributed by atoms with E-state index in [1.54, 1.807) is 0 Å². The van der Waals surface area contributed by atoms with Crippen LogP contribution in [0.4, 0.5) is 0 Å². The normalized spacial score (nSPS) is 20.3. The Kier molecular flexibility index (Phi) is 4.74.